The summed E-state index contributed by atoms with van der Waals surface area (Å²) in [7, 11) is 0. The highest BCUT2D eigenvalue weighted by Gasteiger charge is 2.39. The number of nitrogens with one attached hydrogen (secondary N) is 1. The summed E-state index contributed by atoms with van der Waals surface area (Å²) in [6, 6.07) is -0.721. The molecule has 0 aliphatic carbocycles. The van der Waals surface area contributed by atoms with Crippen LogP contribution in [0.4, 0.5) is 0 Å². The molecule has 0 saturated carbocycles. The van der Waals surface area contributed by atoms with Crippen LogP contribution < -0.4 is 5.32 Å². The maximum atomic E-state index is 12.6. The molecule has 2 amide bonds. The Hall–Kier alpha value is -1.06. The number of piperazine rings is 1. The van der Waals surface area contributed by atoms with Gasteiger partial charge in [0.2, 0.25) is 11.8 Å². The molecule has 1 aliphatic heterocycles. The molecule has 1 N–H and O–H groups in total. The van der Waals surface area contributed by atoms with Crippen molar-refractivity contribution < 1.29 is 9.59 Å². The Kier molecular flexibility index (Phi) is 5.22. The minimum Gasteiger partial charge on any atom is -0.343 e. The Morgan fingerprint density at radius 1 is 1.20 bits per heavy atom. The molecule has 0 spiro atoms. The predicted octanol–water partition coefficient (Wildman–Crippen LogP) is 2.43. The number of rotatable bonds is 4. The van der Waals surface area contributed by atoms with E-state index in [0.29, 0.717) is 24.8 Å². The molecule has 1 fully saturated rings. The lowest BCUT2D eigenvalue weighted by molar-refractivity contribution is -0.150. The van der Waals surface area contributed by atoms with E-state index in [1.807, 2.05) is 6.92 Å². The quantitative estimate of drug-likeness (QED) is 0.861. The zero-order chi connectivity index (χ0) is 15.7. The van der Waals surface area contributed by atoms with Crippen molar-refractivity contribution in [1.29, 1.82) is 0 Å². The van der Waals surface area contributed by atoms with Gasteiger partial charge in [0.1, 0.15) is 12.1 Å². The first-order valence-corrected chi connectivity index (χ1v) is 7.65. The van der Waals surface area contributed by atoms with Gasteiger partial charge in [-0.2, -0.15) is 0 Å². The molecule has 4 nitrogen and oxygen atoms in total. The number of hydrogen-bond acceptors (Lipinski definition) is 2. The molecule has 116 valence electrons. The first-order valence-electron chi connectivity index (χ1n) is 7.65. The molecule has 1 saturated heterocycles. The van der Waals surface area contributed by atoms with Crippen molar-refractivity contribution in [3.63, 3.8) is 0 Å². The fourth-order valence-electron chi connectivity index (χ4n) is 2.33. The third-order valence-corrected chi connectivity index (χ3v) is 4.40. The number of carbonyl (C=O) groups is 2. The van der Waals surface area contributed by atoms with E-state index in [1.54, 1.807) is 4.90 Å². The van der Waals surface area contributed by atoms with E-state index in [4.69, 9.17) is 0 Å². The molecule has 1 aliphatic rings. The smallest absolute Gasteiger partial charge is 0.245 e. The molecule has 1 rings (SSSR count). The molecule has 0 bridgehead atoms. The molecule has 4 heteroatoms. The summed E-state index contributed by atoms with van der Waals surface area (Å²) in [5.41, 5.74) is 0.126. The Balaban J connectivity index is 2.85. The van der Waals surface area contributed by atoms with Gasteiger partial charge in [-0.3, -0.25) is 9.59 Å². The maximum absolute atomic E-state index is 12.6. The van der Waals surface area contributed by atoms with E-state index in [0.717, 1.165) is 0 Å². The summed E-state index contributed by atoms with van der Waals surface area (Å²) < 4.78 is 0. The van der Waals surface area contributed by atoms with Gasteiger partial charge in [0.15, 0.2) is 0 Å². The molecule has 1 heterocycles. The second-order valence-electron chi connectivity index (χ2n) is 7.62. The Morgan fingerprint density at radius 2 is 1.75 bits per heavy atom. The zero-order valence-corrected chi connectivity index (χ0v) is 14.0. The molecule has 0 aromatic heterocycles. The summed E-state index contributed by atoms with van der Waals surface area (Å²) in [6.07, 6.45) is 0.706. The third-order valence-electron chi connectivity index (χ3n) is 4.40. The molecular formula is C16H30N2O2. The van der Waals surface area contributed by atoms with Crippen LogP contribution in [-0.2, 0) is 9.59 Å². The lowest BCUT2D eigenvalue weighted by Crippen LogP contribution is -2.63. The van der Waals surface area contributed by atoms with Crippen LogP contribution in [0.3, 0.4) is 0 Å². The summed E-state index contributed by atoms with van der Waals surface area (Å²) in [5, 5.41) is 2.86. The molecule has 0 aromatic rings. The Morgan fingerprint density at radius 3 is 2.20 bits per heavy atom. The van der Waals surface area contributed by atoms with Crippen LogP contribution in [0.15, 0.2) is 0 Å². The summed E-state index contributed by atoms with van der Waals surface area (Å²) in [6.45, 7) is 15.2. The molecule has 3 atom stereocenters. The van der Waals surface area contributed by atoms with Crippen LogP contribution in [0.2, 0.25) is 0 Å². The first-order chi connectivity index (χ1) is 9.04. The second kappa shape index (κ2) is 6.15. The van der Waals surface area contributed by atoms with E-state index in [1.165, 1.54) is 0 Å². The normalized spacial score (nSPS) is 25.9. The van der Waals surface area contributed by atoms with Crippen molar-refractivity contribution in [3.8, 4) is 0 Å². The highest BCUT2D eigenvalue weighted by atomic mass is 16.2. The zero-order valence-electron chi connectivity index (χ0n) is 14.0. The Labute approximate surface area is 123 Å². The number of nitrogens with zero attached hydrogens (tertiary/aromatic N) is 1. The average molecular weight is 282 g/mol. The van der Waals surface area contributed by atoms with Crippen LogP contribution in [0, 0.1) is 17.3 Å². The van der Waals surface area contributed by atoms with Crippen molar-refractivity contribution >= 4 is 11.8 Å². The van der Waals surface area contributed by atoms with Gasteiger partial charge >= 0.3 is 0 Å². The number of amides is 2. The predicted molar refractivity (Wildman–Crippen MR) is 81.2 cm³/mol. The maximum Gasteiger partial charge on any atom is 0.245 e. The first kappa shape index (κ1) is 17.0. The minimum absolute atomic E-state index is 0.0311. The molecular weight excluding hydrogens is 252 g/mol. The van der Waals surface area contributed by atoms with Crippen LogP contribution in [-0.4, -0.2) is 35.3 Å². The van der Waals surface area contributed by atoms with Crippen LogP contribution in [0.25, 0.3) is 0 Å². The Bertz CT molecular complexity index is 371. The largest absolute Gasteiger partial charge is 0.343 e. The van der Waals surface area contributed by atoms with E-state index in [9.17, 15) is 9.59 Å². The van der Waals surface area contributed by atoms with E-state index in [-0.39, 0.29) is 29.3 Å². The topological polar surface area (TPSA) is 49.4 Å². The lowest BCUT2D eigenvalue weighted by Gasteiger charge is -2.41. The van der Waals surface area contributed by atoms with Crippen molar-refractivity contribution in [2.45, 2.75) is 67.0 Å². The van der Waals surface area contributed by atoms with Gasteiger partial charge in [-0.05, 0) is 30.6 Å². The van der Waals surface area contributed by atoms with Gasteiger partial charge < -0.3 is 10.2 Å². The molecule has 0 aromatic carbocycles. The molecule has 20 heavy (non-hydrogen) atoms. The third kappa shape index (κ3) is 3.97. The summed E-state index contributed by atoms with van der Waals surface area (Å²) in [4.78, 5) is 26.4. The van der Waals surface area contributed by atoms with Gasteiger partial charge in [0, 0.05) is 6.54 Å². The van der Waals surface area contributed by atoms with Crippen molar-refractivity contribution in [3.05, 3.63) is 0 Å². The van der Waals surface area contributed by atoms with Gasteiger partial charge in [0.25, 0.3) is 0 Å². The fourth-order valence-corrected chi connectivity index (χ4v) is 2.33. The highest BCUT2D eigenvalue weighted by Crippen LogP contribution is 2.28. The van der Waals surface area contributed by atoms with Crippen LogP contribution in [0.5, 0.6) is 0 Å². The summed E-state index contributed by atoms with van der Waals surface area (Å²) in [5.74, 6) is 0.775. The van der Waals surface area contributed by atoms with Crippen LogP contribution in [0.1, 0.15) is 54.9 Å². The minimum atomic E-state index is -0.365. The van der Waals surface area contributed by atoms with Gasteiger partial charge in [0.05, 0.1) is 0 Å². The monoisotopic (exact) mass is 282 g/mol. The van der Waals surface area contributed by atoms with E-state index >= 15 is 0 Å². The van der Waals surface area contributed by atoms with Crippen LogP contribution >= 0.6 is 0 Å². The van der Waals surface area contributed by atoms with Gasteiger partial charge in [-0.1, -0.05) is 41.5 Å². The van der Waals surface area contributed by atoms with E-state index < -0.39 is 0 Å². The van der Waals surface area contributed by atoms with E-state index in [2.05, 4.69) is 46.9 Å². The second-order valence-corrected chi connectivity index (χ2v) is 7.62. The highest BCUT2D eigenvalue weighted by molar-refractivity contribution is 5.96. The number of carbonyl (C=O) groups excluding carboxylic acids is 2. The fraction of sp³-hybridized carbons (Fsp3) is 0.875. The number of hydrogen-bond donors (Lipinski definition) is 1. The molecule has 3 unspecified atom stereocenters. The van der Waals surface area contributed by atoms with Crippen molar-refractivity contribution in [2.24, 2.45) is 17.3 Å². The SMILES string of the molecule is CC(C)CC1NC(=O)C(C)N(CC(C)C(C)(C)C)C1=O. The standard InChI is InChI=1S/C16H30N2O2/c1-10(2)8-13-15(20)18(12(4)14(19)17-13)9-11(3)16(5,6)7/h10-13H,8-9H2,1-7H3,(H,17,19). The lowest BCUT2D eigenvalue weighted by atomic mass is 9.81. The van der Waals surface area contributed by atoms with Crippen molar-refractivity contribution in [1.82, 2.24) is 10.2 Å². The van der Waals surface area contributed by atoms with Gasteiger partial charge in [-0.15, -0.1) is 0 Å². The average Bonchev–Trinajstić information content (AvgIpc) is 2.29. The van der Waals surface area contributed by atoms with Crippen molar-refractivity contribution in [2.75, 3.05) is 6.54 Å². The molecule has 0 radical (unpaired) electrons. The summed E-state index contributed by atoms with van der Waals surface area (Å²) >= 11 is 0. The van der Waals surface area contributed by atoms with Gasteiger partial charge in [-0.25, -0.2) is 0 Å².